The van der Waals surface area contributed by atoms with Crippen molar-refractivity contribution >= 4 is 11.8 Å². The Morgan fingerprint density at radius 2 is 2.21 bits per heavy atom. The number of carbonyl (C=O) groups excluding carboxylic acids is 2. The number of amides is 2. The second kappa shape index (κ2) is 5.52. The molecule has 0 radical (unpaired) electrons. The fourth-order valence-corrected chi connectivity index (χ4v) is 2.35. The van der Waals surface area contributed by atoms with Crippen LogP contribution in [0.5, 0.6) is 0 Å². The second-order valence-electron chi connectivity index (χ2n) is 5.11. The van der Waals surface area contributed by atoms with E-state index >= 15 is 0 Å². The molecule has 1 aliphatic rings. The number of imidazole rings is 1. The summed E-state index contributed by atoms with van der Waals surface area (Å²) in [5, 5.41) is 3.15. The van der Waals surface area contributed by atoms with E-state index in [1.54, 1.807) is 6.20 Å². The lowest BCUT2D eigenvalue weighted by molar-refractivity contribution is -0.140. The van der Waals surface area contributed by atoms with Crippen LogP contribution in [0.3, 0.4) is 0 Å². The fourth-order valence-electron chi connectivity index (χ4n) is 2.35. The number of aromatic nitrogens is 2. The van der Waals surface area contributed by atoms with Gasteiger partial charge in [0.2, 0.25) is 11.8 Å². The topological polar surface area (TPSA) is 67.2 Å². The summed E-state index contributed by atoms with van der Waals surface area (Å²) < 4.78 is 1.95. The number of rotatable bonds is 5. The SMILES string of the molecule is CC(C)N1C(=O)CC(NCCc2nccn2C)C1=O. The summed E-state index contributed by atoms with van der Waals surface area (Å²) >= 11 is 0. The van der Waals surface area contributed by atoms with E-state index in [1.165, 1.54) is 4.90 Å². The van der Waals surface area contributed by atoms with Gasteiger partial charge < -0.3 is 9.88 Å². The van der Waals surface area contributed by atoms with Crippen LogP contribution in [-0.4, -0.2) is 44.9 Å². The maximum atomic E-state index is 12.0. The van der Waals surface area contributed by atoms with Crippen molar-refractivity contribution in [3.05, 3.63) is 18.2 Å². The first-order valence-corrected chi connectivity index (χ1v) is 6.56. The van der Waals surface area contributed by atoms with Crippen LogP contribution in [0.2, 0.25) is 0 Å². The molecule has 1 atom stereocenters. The van der Waals surface area contributed by atoms with Gasteiger partial charge >= 0.3 is 0 Å². The summed E-state index contributed by atoms with van der Waals surface area (Å²) in [6.07, 6.45) is 4.64. The van der Waals surface area contributed by atoms with Crippen LogP contribution in [0.15, 0.2) is 12.4 Å². The maximum Gasteiger partial charge on any atom is 0.247 e. The lowest BCUT2D eigenvalue weighted by Gasteiger charge is -2.19. The number of imide groups is 1. The minimum Gasteiger partial charge on any atom is -0.338 e. The molecule has 1 aromatic rings. The Balaban J connectivity index is 1.86. The number of nitrogens with one attached hydrogen (secondary N) is 1. The molecule has 0 spiro atoms. The summed E-state index contributed by atoms with van der Waals surface area (Å²) in [5.41, 5.74) is 0. The molecule has 19 heavy (non-hydrogen) atoms. The van der Waals surface area contributed by atoms with Crippen molar-refractivity contribution in [2.45, 2.75) is 38.8 Å². The van der Waals surface area contributed by atoms with Crippen LogP contribution in [0, 0.1) is 0 Å². The van der Waals surface area contributed by atoms with Crippen LogP contribution < -0.4 is 5.32 Å². The molecule has 0 bridgehead atoms. The molecule has 1 unspecified atom stereocenters. The number of carbonyl (C=O) groups is 2. The molecule has 2 heterocycles. The molecular formula is C13H20N4O2. The first kappa shape index (κ1) is 13.7. The molecule has 1 aliphatic heterocycles. The molecule has 0 aliphatic carbocycles. The minimum absolute atomic E-state index is 0.0682. The minimum atomic E-state index is -0.379. The van der Waals surface area contributed by atoms with Gasteiger partial charge in [0.1, 0.15) is 5.82 Å². The zero-order valence-electron chi connectivity index (χ0n) is 11.6. The Morgan fingerprint density at radius 1 is 1.47 bits per heavy atom. The molecule has 1 aromatic heterocycles. The number of nitrogens with zero attached hydrogens (tertiary/aromatic N) is 3. The van der Waals surface area contributed by atoms with E-state index in [-0.39, 0.29) is 30.3 Å². The van der Waals surface area contributed by atoms with Crippen molar-refractivity contribution in [3.8, 4) is 0 Å². The van der Waals surface area contributed by atoms with E-state index in [2.05, 4.69) is 10.3 Å². The van der Waals surface area contributed by atoms with Crippen molar-refractivity contribution in [1.29, 1.82) is 0 Å². The number of aryl methyl sites for hydroxylation is 1. The first-order chi connectivity index (χ1) is 9.00. The molecule has 2 amide bonds. The molecule has 2 rings (SSSR count). The van der Waals surface area contributed by atoms with Gasteiger partial charge in [0, 0.05) is 38.4 Å². The van der Waals surface area contributed by atoms with E-state index in [0.29, 0.717) is 6.54 Å². The Hall–Kier alpha value is -1.69. The average Bonchev–Trinajstić information content (AvgIpc) is 2.84. The van der Waals surface area contributed by atoms with Crippen molar-refractivity contribution in [3.63, 3.8) is 0 Å². The van der Waals surface area contributed by atoms with Gasteiger partial charge in [-0.1, -0.05) is 0 Å². The number of likely N-dealkylation sites (tertiary alicyclic amines) is 1. The Labute approximate surface area is 112 Å². The summed E-state index contributed by atoms with van der Waals surface area (Å²) in [7, 11) is 1.94. The van der Waals surface area contributed by atoms with Gasteiger partial charge in [-0.25, -0.2) is 4.98 Å². The van der Waals surface area contributed by atoms with Crippen LogP contribution in [0.4, 0.5) is 0 Å². The zero-order valence-corrected chi connectivity index (χ0v) is 11.6. The molecule has 0 aromatic carbocycles. The molecule has 0 saturated carbocycles. The largest absolute Gasteiger partial charge is 0.338 e. The van der Waals surface area contributed by atoms with Crippen LogP contribution in [0.1, 0.15) is 26.1 Å². The van der Waals surface area contributed by atoms with E-state index in [4.69, 9.17) is 0 Å². The van der Waals surface area contributed by atoms with Gasteiger partial charge in [-0.15, -0.1) is 0 Å². The second-order valence-corrected chi connectivity index (χ2v) is 5.11. The summed E-state index contributed by atoms with van der Waals surface area (Å²) in [5.74, 6) is 0.763. The third kappa shape index (κ3) is 2.84. The van der Waals surface area contributed by atoms with Crippen LogP contribution in [-0.2, 0) is 23.1 Å². The Kier molecular flexibility index (Phi) is 3.99. The van der Waals surface area contributed by atoms with Gasteiger partial charge in [-0.05, 0) is 13.8 Å². The lowest BCUT2D eigenvalue weighted by atomic mass is 10.2. The molecule has 6 heteroatoms. The van der Waals surface area contributed by atoms with Gasteiger partial charge in [0.05, 0.1) is 12.5 Å². The van der Waals surface area contributed by atoms with Crippen molar-refractivity contribution < 1.29 is 9.59 Å². The maximum absolute atomic E-state index is 12.0. The fraction of sp³-hybridized carbons (Fsp3) is 0.615. The third-order valence-electron chi connectivity index (χ3n) is 3.36. The highest BCUT2D eigenvalue weighted by Gasteiger charge is 2.39. The monoisotopic (exact) mass is 264 g/mol. The molecular weight excluding hydrogens is 244 g/mol. The predicted octanol–water partition coefficient (Wildman–Crippen LogP) is 0.0881. The normalized spacial score (nSPS) is 19.8. The lowest BCUT2D eigenvalue weighted by Crippen LogP contribution is -2.42. The molecule has 6 nitrogen and oxygen atoms in total. The molecule has 104 valence electrons. The van der Waals surface area contributed by atoms with E-state index in [9.17, 15) is 9.59 Å². The van der Waals surface area contributed by atoms with Crippen LogP contribution in [0.25, 0.3) is 0 Å². The predicted molar refractivity (Wildman–Crippen MR) is 70.3 cm³/mol. The highest BCUT2D eigenvalue weighted by Crippen LogP contribution is 2.16. The third-order valence-corrected chi connectivity index (χ3v) is 3.36. The van der Waals surface area contributed by atoms with E-state index in [1.807, 2.05) is 31.7 Å². The van der Waals surface area contributed by atoms with Gasteiger partial charge in [0.15, 0.2) is 0 Å². The van der Waals surface area contributed by atoms with E-state index in [0.717, 1.165) is 12.2 Å². The van der Waals surface area contributed by atoms with Crippen LogP contribution >= 0.6 is 0 Å². The van der Waals surface area contributed by atoms with Crippen molar-refractivity contribution in [2.24, 2.45) is 7.05 Å². The number of hydrogen-bond donors (Lipinski definition) is 1. The Morgan fingerprint density at radius 3 is 2.74 bits per heavy atom. The smallest absolute Gasteiger partial charge is 0.247 e. The Bertz CT molecular complexity index is 481. The quantitative estimate of drug-likeness (QED) is 0.765. The molecule has 1 saturated heterocycles. The first-order valence-electron chi connectivity index (χ1n) is 6.56. The van der Waals surface area contributed by atoms with E-state index < -0.39 is 0 Å². The standard InChI is InChI=1S/C13H20N4O2/c1-9(2)17-12(18)8-10(13(17)19)14-5-4-11-15-6-7-16(11)3/h6-7,9-10,14H,4-5,8H2,1-3H3. The highest BCUT2D eigenvalue weighted by molar-refractivity contribution is 6.05. The number of hydrogen-bond acceptors (Lipinski definition) is 4. The van der Waals surface area contributed by atoms with Gasteiger partial charge in [-0.3, -0.25) is 14.5 Å². The molecule has 1 N–H and O–H groups in total. The zero-order chi connectivity index (χ0) is 14.0. The highest BCUT2D eigenvalue weighted by atomic mass is 16.2. The summed E-state index contributed by atoms with van der Waals surface area (Å²) in [4.78, 5) is 29.3. The average molecular weight is 264 g/mol. The summed E-state index contributed by atoms with van der Waals surface area (Å²) in [6, 6.07) is -0.448. The molecule has 1 fully saturated rings. The van der Waals surface area contributed by atoms with Gasteiger partial charge in [0.25, 0.3) is 0 Å². The van der Waals surface area contributed by atoms with Crippen molar-refractivity contribution in [1.82, 2.24) is 19.8 Å². The van der Waals surface area contributed by atoms with Crippen molar-refractivity contribution in [2.75, 3.05) is 6.54 Å². The summed E-state index contributed by atoms with van der Waals surface area (Å²) in [6.45, 7) is 4.35. The van der Waals surface area contributed by atoms with Gasteiger partial charge in [-0.2, -0.15) is 0 Å².